The van der Waals surface area contributed by atoms with E-state index in [1.165, 1.54) is 0 Å². The molecule has 1 N–H and O–H groups in total. The summed E-state index contributed by atoms with van der Waals surface area (Å²) < 4.78 is 11.8. The summed E-state index contributed by atoms with van der Waals surface area (Å²) in [7, 11) is 1.61. The molecular weight excluding hydrogens is 346 g/mol. The Balaban J connectivity index is 1.95. The fourth-order valence-electron chi connectivity index (χ4n) is 2.30. The number of nitrogens with one attached hydrogen (secondary N) is 1. The van der Waals surface area contributed by atoms with Crippen LogP contribution in [-0.2, 0) is 0 Å². The molecule has 0 atom stereocenters. The lowest BCUT2D eigenvalue weighted by atomic mass is 10.1. The predicted octanol–water partition coefficient (Wildman–Crippen LogP) is 4.76. The standard InChI is InChI=1S/C17H14BrNO3/c1-10-14-9-13(21-2)6-7-15(14)22-16(10)17(20)19-12-5-3-4-11(18)8-12/h3-9H,1-2H3,(H,19,20). The van der Waals surface area contributed by atoms with Gasteiger partial charge < -0.3 is 14.5 Å². The highest BCUT2D eigenvalue weighted by Crippen LogP contribution is 2.29. The minimum atomic E-state index is -0.272. The maximum atomic E-state index is 12.4. The number of benzene rings is 2. The van der Waals surface area contributed by atoms with Crippen LogP contribution >= 0.6 is 15.9 Å². The van der Waals surface area contributed by atoms with Crippen LogP contribution in [0, 0.1) is 6.92 Å². The van der Waals surface area contributed by atoms with E-state index >= 15 is 0 Å². The van der Waals surface area contributed by atoms with Gasteiger partial charge in [0.2, 0.25) is 0 Å². The van der Waals surface area contributed by atoms with E-state index in [1.807, 2.05) is 37.3 Å². The molecule has 1 heterocycles. The van der Waals surface area contributed by atoms with Gasteiger partial charge in [-0.15, -0.1) is 0 Å². The number of aryl methyl sites for hydroxylation is 1. The molecule has 5 heteroatoms. The number of furan rings is 1. The molecular formula is C17H14BrNO3. The molecule has 0 fully saturated rings. The van der Waals surface area contributed by atoms with Crippen molar-refractivity contribution in [2.75, 3.05) is 12.4 Å². The van der Waals surface area contributed by atoms with Crippen LogP contribution in [0.4, 0.5) is 5.69 Å². The van der Waals surface area contributed by atoms with Gasteiger partial charge in [-0.25, -0.2) is 0 Å². The van der Waals surface area contributed by atoms with Gasteiger partial charge in [-0.3, -0.25) is 4.79 Å². The van der Waals surface area contributed by atoms with Crippen LogP contribution in [0.15, 0.2) is 51.4 Å². The lowest BCUT2D eigenvalue weighted by molar-refractivity contribution is 0.0998. The molecule has 1 aromatic heterocycles. The third-order valence-electron chi connectivity index (χ3n) is 3.43. The summed E-state index contributed by atoms with van der Waals surface area (Å²) in [6, 6.07) is 12.9. The number of anilines is 1. The number of methoxy groups -OCH3 is 1. The summed E-state index contributed by atoms with van der Waals surface area (Å²) >= 11 is 3.38. The average molecular weight is 360 g/mol. The van der Waals surface area contributed by atoms with Gasteiger partial charge in [-0.05, 0) is 43.3 Å². The molecule has 0 aliphatic heterocycles. The summed E-state index contributed by atoms with van der Waals surface area (Å²) in [5, 5.41) is 3.71. The van der Waals surface area contributed by atoms with E-state index in [9.17, 15) is 4.79 Å². The van der Waals surface area contributed by atoms with Gasteiger partial charge in [0.25, 0.3) is 5.91 Å². The molecule has 0 unspecified atom stereocenters. The van der Waals surface area contributed by atoms with Gasteiger partial charge in [-0.1, -0.05) is 22.0 Å². The number of rotatable bonds is 3. The average Bonchev–Trinajstić information content (AvgIpc) is 2.84. The molecule has 3 rings (SSSR count). The van der Waals surface area contributed by atoms with Crippen LogP contribution in [0.25, 0.3) is 11.0 Å². The van der Waals surface area contributed by atoms with E-state index in [-0.39, 0.29) is 5.91 Å². The summed E-state index contributed by atoms with van der Waals surface area (Å²) in [6.07, 6.45) is 0. The number of ether oxygens (including phenoxy) is 1. The first-order chi connectivity index (χ1) is 10.6. The molecule has 0 radical (unpaired) electrons. The Morgan fingerprint density at radius 2 is 2.05 bits per heavy atom. The maximum Gasteiger partial charge on any atom is 0.291 e. The molecule has 0 saturated carbocycles. The topological polar surface area (TPSA) is 51.5 Å². The van der Waals surface area contributed by atoms with Gasteiger partial charge in [0.05, 0.1) is 7.11 Å². The number of hydrogen-bond donors (Lipinski definition) is 1. The first-order valence-corrected chi connectivity index (χ1v) is 7.52. The second-order valence-corrected chi connectivity index (χ2v) is 5.80. The van der Waals surface area contributed by atoms with Crippen LogP contribution in [0.2, 0.25) is 0 Å². The lowest BCUT2D eigenvalue weighted by Gasteiger charge is -2.04. The normalized spacial score (nSPS) is 10.7. The summed E-state index contributed by atoms with van der Waals surface area (Å²) in [6.45, 7) is 1.86. The van der Waals surface area contributed by atoms with Crippen LogP contribution in [0.1, 0.15) is 16.1 Å². The van der Waals surface area contributed by atoms with Crippen molar-refractivity contribution >= 4 is 38.5 Å². The summed E-state index contributed by atoms with van der Waals surface area (Å²) in [4.78, 5) is 12.4. The molecule has 4 nitrogen and oxygen atoms in total. The first kappa shape index (κ1) is 14.7. The third-order valence-corrected chi connectivity index (χ3v) is 3.93. The van der Waals surface area contributed by atoms with Crippen LogP contribution in [0.5, 0.6) is 5.75 Å². The number of hydrogen-bond acceptors (Lipinski definition) is 3. The number of halogens is 1. The van der Waals surface area contributed by atoms with Crippen molar-refractivity contribution in [1.29, 1.82) is 0 Å². The molecule has 0 spiro atoms. The lowest BCUT2D eigenvalue weighted by Crippen LogP contribution is -2.11. The number of carbonyl (C=O) groups is 1. The zero-order valence-corrected chi connectivity index (χ0v) is 13.7. The molecule has 3 aromatic rings. The largest absolute Gasteiger partial charge is 0.497 e. The second-order valence-electron chi connectivity index (χ2n) is 4.88. The SMILES string of the molecule is COc1ccc2oc(C(=O)Nc3cccc(Br)c3)c(C)c2c1. The van der Waals surface area contributed by atoms with Crippen molar-refractivity contribution in [3.63, 3.8) is 0 Å². The fourth-order valence-corrected chi connectivity index (χ4v) is 2.70. The van der Waals surface area contributed by atoms with Gasteiger partial charge >= 0.3 is 0 Å². The number of fused-ring (bicyclic) bond motifs is 1. The van der Waals surface area contributed by atoms with Gasteiger partial charge in [0, 0.05) is 21.1 Å². The Hall–Kier alpha value is -2.27. The highest BCUT2D eigenvalue weighted by Gasteiger charge is 2.18. The molecule has 22 heavy (non-hydrogen) atoms. The third kappa shape index (κ3) is 2.72. The first-order valence-electron chi connectivity index (χ1n) is 6.72. The molecule has 0 aliphatic carbocycles. The van der Waals surface area contributed by atoms with Crippen molar-refractivity contribution in [2.24, 2.45) is 0 Å². The number of amides is 1. The zero-order chi connectivity index (χ0) is 15.7. The van der Waals surface area contributed by atoms with E-state index in [1.54, 1.807) is 19.2 Å². The Labute approximate surface area is 136 Å². The molecule has 0 saturated heterocycles. The predicted molar refractivity (Wildman–Crippen MR) is 89.6 cm³/mol. The highest BCUT2D eigenvalue weighted by atomic mass is 79.9. The van der Waals surface area contributed by atoms with E-state index in [4.69, 9.17) is 9.15 Å². The second kappa shape index (κ2) is 5.85. The monoisotopic (exact) mass is 359 g/mol. The van der Waals surface area contributed by atoms with Crippen LogP contribution in [0.3, 0.4) is 0 Å². The molecule has 0 bridgehead atoms. The van der Waals surface area contributed by atoms with Crippen molar-refractivity contribution in [3.05, 3.63) is 58.3 Å². The maximum absolute atomic E-state index is 12.4. The van der Waals surface area contributed by atoms with Crippen molar-refractivity contribution in [3.8, 4) is 5.75 Å². The molecule has 2 aromatic carbocycles. The number of carbonyl (C=O) groups excluding carboxylic acids is 1. The molecule has 1 amide bonds. The smallest absolute Gasteiger partial charge is 0.291 e. The minimum absolute atomic E-state index is 0.272. The summed E-state index contributed by atoms with van der Waals surface area (Å²) in [5.41, 5.74) is 2.16. The van der Waals surface area contributed by atoms with Gasteiger partial charge in [-0.2, -0.15) is 0 Å². The van der Waals surface area contributed by atoms with Crippen LogP contribution < -0.4 is 10.1 Å². The molecule has 0 aliphatic rings. The minimum Gasteiger partial charge on any atom is -0.497 e. The summed E-state index contributed by atoms with van der Waals surface area (Å²) in [5.74, 6) is 0.768. The van der Waals surface area contributed by atoms with Crippen molar-refractivity contribution in [1.82, 2.24) is 0 Å². The zero-order valence-electron chi connectivity index (χ0n) is 12.1. The Kier molecular flexibility index (Phi) is 3.90. The van der Waals surface area contributed by atoms with E-state index < -0.39 is 0 Å². The van der Waals surface area contributed by atoms with Gasteiger partial charge in [0.1, 0.15) is 11.3 Å². The Morgan fingerprint density at radius 3 is 2.77 bits per heavy atom. The van der Waals surface area contributed by atoms with E-state index in [2.05, 4.69) is 21.2 Å². The van der Waals surface area contributed by atoms with E-state index in [0.717, 1.165) is 21.2 Å². The Morgan fingerprint density at radius 1 is 1.23 bits per heavy atom. The van der Waals surface area contributed by atoms with Crippen molar-refractivity contribution < 1.29 is 13.9 Å². The van der Waals surface area contributed by atoms with Gasteiger partial charge in [0.15, 0.2) is 5.76 Å². The Bertz CT molecular complexity index is 854. The van der Waals surface area contributed by atoms with Crippen molar-refractivity contribution in [2.45, 2.75) is 6.92 Å². The van der Waals surface area contributed by atoms with Crippen LogP contribution in [-0.4, -0.2) is 13.0 Å². The molecule has 112 valence electrons. The quantitative estimate of drug-likeness (QED) is 0.732. The highest BCUT2D eigenvalue weighted by molar-refractivity contribution is 9.10. The van der Waals surface area contributed by atoms with E-state index in [0.29, 0.717) is 17.0 Å². The fraction of sp³-hybridized carbons (Fsp3) is 0.118.